The zero-order chi connectivity index (χ0) is 16.4. The molecule has 0 fully saturated rings. The van der Waals surface area contributed by atoms with Crippen molar-refractivity contribution in [3.05, 3.63) is 57.3 Å². The average Bonchev–Trinajstić information content (AvgIpc) is 2.97. The van der Waals surface area contributed by atoms with E-state index < -0.39 is 0 Å². The van der Waals surface area contributed by atoms with Crippen molar-refractivity contribution in [1.29, 1.82) is 0 Å². The summed E-state index contributed by atoms with van der Waals surface area (Å²) >= 11 is 12.1. The molecule has 1 heterocycles. The van der Waals surface area contributed by atoms with Gasteiger partial charge in [0.1, 0.15) is 12.4 Å². The van der Waals surface area contributed by atoms with Crippen LogP contribution in [0.3, 0.4) is 0 Å². The van der Waals surface area contributed by atoms with Crippen molar-refractivity contribution in [3.8, 4) is 5.75 Å². The van der Waals surface area contributed by atoms with Gasteiger partial charge in [-0.05, 0) is 36.1 Å². The number of hydrogen-bond donors (Lipinski definition) is 0. The van der Waals surface area contributed by atoms with Crippen LogP contribution in [-0.4, -0.2) is 18.1 Å². The number of ether oxygens (including phenoxy) is 2. The van der Waals surface area contributed by atoms with Crippen LogP contribution in [-0.2, 0) is 22.6 Å². The molecule has 120 valence electrons. The number of aryl methyl sites for hydroxylation is 1. The van der Waals surface area contributed by atoms with E-state index in [1.54, 1.807) is 7.11 Å². The van der Waals surface area contributed by atoms with Crippen LogP contribution in [0.4, 0.5) is 0 Å². The second-order valence-corrected chi connectivity index (χ2v) is 6.16. The normalized spacial score (nSPS) is 16.0. The molecule has 0 spiro atoms. The summed E-state index contributed by atoms with van der Waals surface area (Å²) in [5.74, 6) is 0.184. The van der Waals surface area contributed by atoms with Gasteiger partial charge >= 0.3 is 5.97 Å². The van der Waals surface area contributed by atoms with Gasteiger partial charge in [0.25, 0.3) is 0 Å². The van der Waals surface area contributed by atoms with E-state index in [2.05, 4.69) is 4.98 Å². The fraction of sp³-hybridized carbons (Fsp3) is 0.294. The number of rotatable bonds is 4. The Kier molecular flexibility index (Phi) is 4.74. The molecule has 4 nitrogen and oxygen atoms in total. The van der Waals surface area contributed by atoms with E-state index in [0.717, 1.165) is 29.7 Å². The van der Waals surface area contributed by atoms with E-state index in [1.807, 2.05) is 18.2 Å². The monoisotopic (exact) mass is 351 g/mol. The van der Waals surface area contributed by atoms with Crippen molar-refractivity contribution in [2.75, 3.05) is 7.11 Å². The highest BCUT2D eigenvalue weighted by molar-refractivity contribution is 6.35. The summed E-state index contributed by atoms with van der Waals surface area (Å²) in [4.78, 5) is 16.3. The molecule has 0 radical (unpaired) electrons. The van der Waals surface area contributed by atoms with Crippen LogP contribution in [0.15, 0.2) is 30.6 Å². The van der Waals surface area contributed by atoms with Gasteiger partial charge in [-0.3, -0.25) is 9.78 Å². The Hall–Kier alpha value is -1.78. The molecule has 1 unspecified atom stereocenters. The maximum atomic E-state index is 12.4. The molecule has 0 amide bonds. The number of carbonyl (C=O) groups is 1. The molecular weight excluding hydrogens is 337 g/mol. The number of methoxy groups -OCH3 is 1. The van der Waals surface area contributed by atoms with Crippen LogP contribution in [0, 0.1) is 0 Å². The van der Waals surface area contributed by atoms with E-state index in [1.165, 1.54) is 12.4 Å². The van der Waals surface area contributed by atoms with Gasteiger partial charge in [0.15, 0.2) is 0 Å². The molecule has 1 aromatic heterocycles. The molecular formula is C17H15Cl2NO3. The zero-order valence-electron chi connectivity index (χ0n) is 12.5. The number of aromatic nitrogens is 1. The standard InChI is InChI=1S/C17H15Cl2NO3/c1-22-11-4-2-10-3-5-12(13(10)6-11)17(21)23-9-14-15(18)7-20-8-16(14)19/h2,4,6-8,12H,3,5,9H2,1H3. The van der Waals surface area contributed by atoms with Crippen LogP contribution in [0.25, 0.3) is 0 Å². The molecule has 0 N–H and O–H groups in total. The van der Waals surface area contributed by atoms with E-state index >= 15 is 0 Å². The molecule has 0 saturated heterocycles. The number of halogens is 2. The van der Waals surface area contributed by atoms with Crippen LogP contribution < -0.4 is 4.74 Å². The fourth-order valence-electron chi connectivity index (χ4n) is 2.77. The van der Waals surface area contributed by atoms with Crippen molar-refractivity contribution < 1.29 is 14.3 Å². The van der Waals surface area contributed by atoms with Crippen LogP contribution in [0.5, 0.6) is 5.75 Å². The first-order valence-corrected chi connectivity index (χ1v) is 7.97. The first-order chi connectivity index (χ1) is 11.1. The smallest absolute Gasteiger partial charge is 0.313 e. The number of pyridine rings is 1. The molecule has 1 atom stereocenters. The van der Waals surface area contributed by atoms with E-state index in [9.17, 15) is 4.79 Å². The zero-order valence-corrected chi connectivity index (χ0v) is 14.0. The highest BCUT2D eigenvalue weighted by Gasteiger charge is 2.30. The molecule has 3 rings (SSSR count). The quantitative estimate of drug-likeness (QED) is 0.775. The van der Waals surface area contributed by atoms with Crippen molar-refractivity contribution in [2.45, 2.75) is 25.4 Å². The Labute approximate surface area is 144 Å². The highest BCUT2D eigenvalue weighted by Crippen LogP contribution is 2.36. The number of nitrogens with zero attached hydrogens (tertiary/aromatic N) is 1. The summed E-state index contributed by atoms with van der Waals surface area (Å²) < 4.78 is 10.7. The largest absolute Gasteiger partial charge is 0.497 e. The van der Waals surface area contributed by atoms with Gasteiger partial charge in [0, 0.05) is 18.0 Å². The minimum atomic E-state index is -0.278. The Morgan fingerprint density at radius 3 is 2.74 bits per heavy atom. The molecule has 1 aromatic carbocycles. The number of hydrogen-bond acceptors (Lipinski definition) is 4. The van der Waals surface area contributed by atoms with Crippen molar-refractivity contribution in [1.82, 2.24) is 4.98 Å². The second kappa shape index (κ2) is 6.77. The Balaban J connectivity index is 1.74. The number of esters is 1. The van der Waals surface area contributed by atoms with Crippen molar-refractivity contribution in [2.24, 2.45) is 0 Å². The van der Waals surface area contributed by atoms with Gasteiger partial charge in [-0.1, -0.05) is 29.3 Å². The summed E-state index contributed by atoms with van der Waals surface area (Å²) in [6.07, 6.45) is 4.55. The third kappa shape index (κ3) is 3.28. The minimum absolute atomic E-state index is 0.0365. The van der Waals surface area contributed by atoms with E-state index in [0.29, 0.717) is 15.6 Å². The minimum Gasteiger partial charge on any atom is -0.497 e. The topological polar surface area (TPSA) is 48.4 Å². The van der Waals surface area contributed by atoms with Gasteiger partial charge in [0.05, 0.1) is 23.1 Å². The lowest BCUT2D eigenvalue weighted by Gasteiger charge is -2.13. The summed E-state index contributed by atoms with van der Waals surface area (Å²) in [5, 5.41) is 0.776. The molecule has 2 aromatic rings. The van der Waals surface area contributed by atoms with Gasteiger partial charge in [-0.15, -0.1) is 0 Å². The third-order valence-corrected chi connectivity index (χ3v) is 4.68. The summed E-state index contributed by atoms with van der Waals surface area (Å²) in [6, 6.07) is 5.81. The van der Waals surface area contributed by atoms with Gasteiger partial charge < -0.3 is 9.47 Å². The third-order valence-electron chi connectivity index (χ3n) is 4.03. The van der Waals surface area contributed by atoms with Crippen molar-refractivity contribution in [3.63, 3.8) is 0 Å². The molecule has 1 aliphatic rings. The summed E-state index contributed by atoms with van der Waals surface area (Å²) in [7, 11) is 1.61. The average molecular weight is 352 g/mol. The van der Waals surface area contributed by atoms with Crippen LogP contribution >= 0.6 is 23.2 Å². The van der Waals surface area contributed by atoms with Gasteiger partial charge in [-0.25, -0.2) is 0 Å². The Morgan fingerprint density at radius 2 is 2.04 bits per heavy atom. The number of fused-ring (bicyclic) bond motifs is 1. The van der Waals surface area contributed by atoms with E-state index in [4.69, 9.17) is 32.7 Å². The Morgan fingerprint density at radius 1 is 1.30 bits per heavy atom. The molecule has 1 aliphatic carbocycles. The predicted molar refractivity (Wildman–Crippen MR) is 88.1 cm³/mol. The number of carbonyl (C=O) groups excluding carboxylic acids is 1. The lowest BCUT2D eigenvalue weighted by atomic mass is 10.0. The summed E-state index contributed by atoms with van der Waals surface area (Å²) in [6.45, 7) is 0.0365. The lowest BCUT2D eigenvalue weighted by molar-refractivity contribution is -0.146. The maximum absolute atomic E-state index is 12.4. The van der Waals surface area contributed by atoms with E-state index in [-0.39, 0.29) is 18.5 Å². The SMILES string of the molecule is COc1ccc2c(c1)C(C(=O)OCc1c(Cl)cncc1Cl)CC2. The van der Waals surface area contributed by atoms with Gasteiger partial charge in [0.2, 0.25) is 0 Å². The second-order valence-electron chi connectivity index (χ2n) is 5.35. The first kappa shape index (κ1) is 16.1. The fourth-order valence-corrected chi connectivity index (χ4v) is 3.25. The van der Waals surface area contributed by atoms with Crippen LogP contribution in [0.1, 0.15) is 29.0 Å². The predicted octanol–water partition coefficient (Wildman–Crippen LogP) is 4.17. The van der Waals surface area contributed by atoms with Gasteiger partial charge in [-0.2, -0.15) is 0 Å². The van der Waals surface area contributed by atoms with Crippen LogP contribution in [0.2, 0.25) is 10.0 Å². The first-order valence-electron chi connectivity index (χ1n) is 7.21. The molecule has 23 heavy (non-hydrogen) atoms. The molecule has 6 heteroatoms. The maximum Gasteiger partial charge on any atom is 0.313 e. The number of benzene rings is 1. The molecule has 0 aliphatic heterocycles. The Bertz CT molecular complexity index is 728. The highest BCUT2D eigenvalue weighted by atomic mass is 35.5. The molecule has 0 saturated carbocycles. The van der Waals surface area contributed by atoms with Crippen molar-refractivity contribution >= 4 is 29.2 Å². The summed E-state index contributed by atoms with van der Waals surface area (Å²) in [5.41, 5.74) is 2.70. The lowest BCUT2D eigenvalue weighted by Crippen LogP contribution is -2.14. The molecule has 0 bridgehead atoms.